The maximum Gasteiger partial charge on any atom is 0.292 e. The minimum atomic E-state index is 0.375. The van der Waals surface area contributed by atoms with Crippen LogP contribution in [0.4, 0.5) is 0 Å². The van der Waals surface area contributed by atoms with Gasteiger partial charge in [0.25, 0.3) is 6.47 Å². The Morgan fingerprint density at radius 1 is 1.00 bits per heavy atom. The number of methoxy groups -OCH3 is 1. The van der Waals surface area contributed by atoms with Crippen LogP contribution in [-0.2, 0) is 14.3 Å². The molecule has 0 fully saturated rings. The van der Waals surface area contributed by atoms with E-state index in [9.17, 15) is 0 Å². The third-order valence-corrected chi connectivity index (χ3v) is 1.21. The summed E-state index contributed by atoms with van der Waals surface area (Å²) < 4.78 is 8.69. The Balaban J connectivity index is -0.000000131. The number of hydrogen-bond acceptors (Lipinski definition) is 3. The standard InChI is InChI=1S/C5H12.C4H10O.C2H4O2/c2*1-3-5-4-2;1-4-2-3/h3-5H2,1-2H3;3-4H2,1-2H3;2H,1H3. The highest BCUT2D eigenvalue weighted by atomic mass is 16.5. The molecule has 0 bridgehead atoms. The fourth-order valence-corrected chi connectivity index (χ4v) is 0.558. The van der Waals surface area contributed by atoms with Crippen molar-refractivity contribution in [3.8, 4) is 0 Å². The first-order valence-corrected chi connectivity index (χ1v) is 5.29. The third-order valence-electron chi connectivity index (χ3n) is 1.21. The molecule has 14 heavy (non-hydrogen) atoms. The molecule has 0 aromatic rings. The molecule has 0 unspecified atom stereocenters. The van der Waals surface area contributed by atoms with Crippen molar-refractivity contribution in [3.63, 3.8) is 0 Å². The summed E-state index contributed by atoms with van der Waals surface area (Å²) in [5.74, 6) is 0. The Bertz CT molecular complexity index is 64.9. The molecule has 0 heterocycles. The van der Waals surface area contributed by atoms with Crippen LogP contribution in [0.1, 0.15) is 47.0 Å². The van der Waals surface area contributed by atoms with E-state index >= 15 is 0 Å². The maximum absolute atomic E-state index is 8.95. The lowest BCUT2D eigenvalue weighted by Crippen LogP contribution is -1.84. The van der Waals surface area contributed by atoms with E-state index in [4.69, 9.17) is 9.53 Å². The van der Waals surface area contributed by atoms with Gasteiger partial charge in [0.15, 0.2) is 0 Å². The first kappa shape index (κ1) is 19.1. The van der Waals surface area contributed by atoms with Gasteiger partial charge in [-0.2, -0.15) is 0 Å². The maximum atomic E-state index is 8.95. The third kappa shape index (κ3) is 63.4. The van der Waals surface area contributed by atoms with Gasteiger partial charge >= 0.3 is 0 Å². The van der Waals surface area contributed by atoms with E-state index in [0.29, 0.717) is 6.47 Å². The molecule has 3 nitrogen and oxygen atoms in total. The van der Waals surface area contributed by atoms with E-state index < -0.39 is 0 Å². The van der Waals surface area contributed by atoms with Crippen molar-refractivity contribution >= 4 is 6.47 Å². The van der Waals surface area contributed by atoms with Crippen LogP contribution in [0.2, 0.25) is 0 Å². The van der Waals surface area contributed by atoms with Crippen molar-refractivity contribution in [3.05, 3.63) is 0 Å². The Hall–Kier alpha value is -0.570. The second-order valence-electron chi connectivity index (χ2n) is 2.47. The summed E-state index contributed by atoms with van der Waals surface area (Å²) >= 11 is 0. The monoisotopic (exact) mass is 206 g/mol. The van der Waals surface area contributed by atoms with Gasteiger partial charge in [-0.15, -0.1) is 0 Å². The van der Waals surface area contributed by atoms with Crippen LogP contribution in [-0.4, -0.2) is 26.8 Å². The zero-order valence-electron chi connectivity index (χ0n) is 10.3. The van der Waals surface area contributed by atoms with Crippen molar-refractivity contribution < 1.29 is 14.3 Å². The zero-order chi connectivity index (χ0) is 11.7. The van der Waals surface area contributed by atoms with Gasteiger partial charge in [-0.25, -0.2) is 0 Å². The van der Waals surface area contributed by atoms with Crippen molar-refractivity contribution in [2.24, 2.45) is 0 Å². The van der Waals surface area contributed by atoms with Crippen molar-refractivity contribution in [1.82, 2.24) is 0 Å². The number of hydrogen-bond donors (Lipinski definition) is 0. The largest absolute Gasteiger partial charge is 0.471 e. The fourth-order valence-electron chi connectivity index (χ4n) is 0.558. The predicted octanol–water partition coefficient (Wildman–Crippen LogP) is 3.03. The highest BCUT2D eigenvalue weighted by molar-refractivity contribution is 5.36. The van der Waals surface area contributed by atoms with Gasteiger partial charge in [-0.1, -0.05) is 33.1 Å². The molecule has 0 N–H and O–H groups in total. The van der Waals surface area contributed by atoms with Gasteiger partial charge in [0, 0.05) is 13.2 Å². The highest BCUT2D eigenvalue weighted by Crippen LogP contribution is 1.88. The molecular formula is C11H26O3. The van der Waals surface area contributed by atoms with Crippen LogP contribution >= 0.6 is 0 Å². The van der Waals surface area contributed by atoms with Crippen LogP contribution in [0.3, 0.4) is 0 Å². The quantitative estimate of drug-likeness (QED) is 0.649. The van der Waals surface area contributed by atoms with E-state index in [0.717, 1.165) is 13.2 Å². The van der Waals surface area contributed by atoms with Crippen LogP contribution in [0.15, 0.2) is 0 Å². The summed E-state index contributed by atoms with van der Waals surface area (Å²) in [5, 5.41) is 0. The van der Waals surface area contributed by atoms with Gasteiger partial charge in [-0.05, 0) is 13.8 Å². The Morgan fingerprint density at radius 2 is 1.36 bits per heavy atom. The van der Waals surface area contributed by atoms with Crippen molar-refractivity contribution in [2.45, 2.75) is 47.0 Å². The molecule has 3 heteroatoms. The van der Waals surface area contributed by atoms with E-state index in [1.54, 1.807) is 0 Å². The van der Waals surface area contributed by atoms with Gasteiger partial charge < -0.3 is 9.47 Å². The smallest absolute Gasteiger partial charge is 0.292 e. The lowest BCUT2D eigenvalue weighted by Gasteiger charge is -1.86. The zero-order valence-corrected chi connectivity index (χ0v) is 10.3. The average molecular weight is 206 g/mol. The summed E-state index contributed by atoms with van der Waals surface area (Å²) in [6.07, 6.45) is 4.08. The van der Waals surface area contributed by atoms with E-state index in [2.05, 4.69) is 18.6 Å². The molecule has 0 saturated heterocycles. The summed E-state index contributed by atoms with van der Waals surface area (Å²) in [6, 6.07) is 0. The van der Waals surface area contributed by atoms with Crippen LogP contribution in [0.5, 0.6) is 0 Å². The first-order chi connectivity index (χ1) is 6.74. The molecule has 0 aliphatic carbocycles. The molecule has 0 aromatic carbocycles. The summed E-state index contributed by atoms with van der Waals surface area (Å²) in [7, 11) is 1.31. The molecule has 0 aliphatic heterocycles. The molecular weight excluding hydrogens is 180 g/mol. The topological polar surface area (TPSA) is 35.5 Å². The van der Waals surface area contributed by atoms with E-state index in [-0.39, 0.29) is 0 Å². The number of rotatable bonds is 5. The molecule has 0 aliphatic rings. The minimum absolute atomic E-state index is 0.375. The normalized spacial score (nSPS) is 7.50. The fraction of sp³-hybridized carbons (Fsp3) is 0.909. The molecule has 0 aromatic heterocycles. The van der Waals surface area contributed by atoms with Crippen molar-refractivity contribution in [1.29, 1.82) is 0 Å². The molecule has 88 valence electrons. The van der Waals surface area contributed by atoms with Crippen LogP contribution < -0.4 is 0 Å². The Labute approximate surface area is 88.8 Å². The van der Waals surface area contributed by atoms with Crippen molar-refractivity contribution in [2.75, 3.05) is 20.3 Å². The predicted molar refractivity (Wildman–Crippen MR) is 60.4 cm³/mol. The summed E-state index contributed by atoms with van der Waals surface area (Å²) in [4.78, 5) is 8.95. The number of ether oxygens (including phenoxy) is 2. The molecule has 0 saturated carbocycles. The first-order valence-electron chi connectivity index (χ1n) is 5.29. The molecule has 0 spiro atoms. The summed E-state index contributed by atoms with van der Waals surface area (Å²) in [6.45, 7) is 10.5. The highest BCUT2D eigenvalue weighted by Gasteiger charge is 1.68. The van der Waals surface area contributed by atoms with Crippen LogP contribution in [0, 0.1) is 0 Å². The van der Waals surface area contributed by atoms with Gasteiger partial charge in [0.05, 0.1) is 7.11 Å². The second kappa shape index (κ2) is 29.4. The van der Waals surface area contributed by atoms with E-state index in [1.165, 1.54) is 26.4 Å². The summed E-state index contributed by atoms with van der Waals surface area (Å²) in [5.41, 5.74) is 0. The minimum Gasteiger partial charge on any atom is -0.471 e. The SMILES string of the molecule is CCCCC.CCOCC.COC=O. The molecule has 0 amide bonds. The Morgan fingerprint density at radius 3 is 1.36 bits per heavy atom. The molecule has 0 radical (unpaired) electrons. The number of carbonyl (C=O) groups is 1. The van der Waals surface area contributed by atoms with Gasteiger partial charge in [0.1, 0.15) is 0 Å². The number of carbonyl (C=O) groups excluding carboxylic acids is 1. The van der Waals surface area contributed by atoms with E-state index in [1.807, 2.05) is 13.8 Å². The number of unbranched alkanes of at least 4 members (excludes halogenated alkanes) is 2. The molecule has 0 atom stereocenters. The Kier molecular flexibility index (Phi) is 40.1. The van der Waals surface area contributed by atoms with Crippen LogP contribution in [0.25, 0.3) is 0 Å². The van der Waals surface area contributed by atoms with Gasteiger partial charge in [0.2, 0.25) is 0 Å². The molecule has 0 rings (SSSR count). The second-order valence-corrected chi connectivity index (χ2v) is 2.47. The van der Waals surface area contributed by atoms with Gasteiger partial charge in [-0.3, -0.25) is 4.79 Å². The lowest BCUT2D eigenvalue weighted by molar-refractivity contribution is -0.126. The average Bonchev–Trinajstić information content (AvgIpc) is 2.22. The lowest BCUT2D eigenvalue weighted by atomic mass is 10.3.